The van der Waals surface area contributed by atoms with Gasteiger partial charge in [-0.1, -0.05) is 27.7 Å². The molecule has 1 spiro atoms. The molecule has 1 N–H and O–H groups in total. The largest absolute Gasteiger partial charge is 0.472 e. The van der Waals surface area contributed by atoms with Crippen LogP contribution in [0.3, 0.4) is 0 Å². The van der Waals surface area contributed by atoms with Crippen LogP contribution in [0.15, 0.2) is 23.0 Å². The third kappa shape index (κ3) is 2.92. The topological polar surface area (TPSA) is 122 Å². The highest BCUT2D eigenvalue weighted by Gasteiger charge is 2.87. The Morgan fingerprint density at radius 3 is 2.55 bits per heavy atom. The maximum atomic E-state index is 13.1. The molecule has 0 amide bonds. The van der Waals surface area contributed by atoms with E-state index < -0.39 is 57.6 Å². The molecule has 2 bridgehead atoms. The number of rotatable bonds is 4. The van der Waals surface area contributed by atoms with Gasteiger partial charge >= 0.3 is 17.9 Å². The fourth-order valence-electron chi connectivity index (χ4n) is 10.1. The van der Waals surface area contributed by atoms with E-state index >= 15 is 0 Å². The molecule has 1 aromatic heterocycles. The Balaban J connectivity index is 1.51. The molecule has 3 aliphatic heterocycles. The van der Waals surface area contributed by atoms with Crippen LogP contribution in [0.4, 0.5) is 0 Å². The summed E-state index contributed by atoms with van der Waals surface area (Å²) in [7, 11) is 1.36. The molecule has 5 aliphatic rings. The van der Waals surface area contributed by atoms with Gasteiger partial charge in [-0.3, -0.25) is 14.4 Å². The zero-order chi connectivity index (χ0) is 27.5. The highest BCUT2D eigenvalue weighted by Crippen LogP contribution is 2.81. The summed E-state index contributed by atoms with van der Waals surface area (Å²) in [6.45, 7) is 9.56. The van der Waals surface area contributed by atoms with Gasteiger partial charge in [-0.25, -0.2) is 0 Å². The van der Waals surface area contributed by atoms with Crippen molar-refractivity contribution < 1.29 is 42.9 Å². The molecule has 0 unspecified atom stereocenters. The number of furan rings is 1. The molecule has 5 fully saturated rings. The van der Waals surface area contributed by atoms with E-state index in [0.29, 0.717) is 6.42 Å². The van der Waals surface area contributed by atoms with Gasteiger partial charge < -0.3 is 28.5 Å². The van der Waals surface area contributed by atoms with Gasteiger partial charge in [-0.2, -0.15) is 0 Å². The van der Waals surface area contributed by atoms with E-state index in [1.807, 2.05) is 26.8 Å². The number of fused-ring (bicyclic) bond motifs is 2. The molecule has 2 aliphatic carbocycles. The highest BCUT2D eigenvalue weighted by atomic mass is 16.7. The third-order valence-corrected chi connectivity index (χ3v) is 11.5. The number of cyclic esters (lactones) is 1. The van der Waals surface area contributed by atoms with Crippen molar-refractivity contribution >= 4 is 17.9 Å². The Morgan fingerprint density at radius 1 is 1.18 bits per heavy atom. The second-order valence-electron chi connectivity index (χ2n) is 13.3. The standard InChI is InChI=1S/C29H38O9/c1-15(30)36-24-17-13-28-18(27(5,29(17,33)38-28)19(25(24,2)3)11-21(31)34-6)7-9-26(4)20(28)12-22(32)37-23(26)16-8-10-35-14-16/h8,10,14,17-20,23-24,33H,7,9,11-13H2,1-6H3/t17-,18+,19-,20+,23-,24+,26+,27+,28+,29-/m0/s1. The summed E-state index contributed by atoms with van der Waals surface area (Å²) in [6, 6.07) is 1.83. The minimum atomic E-state index is -1.64. The number of aliphatic hydroxyl groups is 1. The lowest BCUT2D eigenvalue weighted by molar-refractivity contribution is -0.320. The Labute approximate surface area is 222 Å². The predicted octanol–water partition coefficient (Wildman–Crippen LogP) is 3.93. The Morgan fingerprint density at radius 2 is 1.92 bits per heavy atom. The summed E-state index contributed by atoms with van der Waals surface area (Å²) < 4.78 is 29.2. The molecule has 3 saturated heterocycles. The van der Waals surface area contributed by atoms with Crippen LogP contribution in [0.25, 0.3) is 0 Å². The first-order chi connectivity index (χ1) is 17.8. The van der Waals surface area contributed by atoms with Gasteiger partial charge in [0.15, 0.2) is 5.79 Å². The minimum absolute atomic E-state index is 0.0599. The first kappa shape index (κ1) is 25.9. The molecule has 0 aromatic carbocycles. The molecule has 208 valence electrons. The highest BCUT2D eigenvalue weighted by molar-refractivity contribution is 5.72. The molecule has 10 atom stereocenters. The molecular weight excluding hydrogens is 492 g/mol. The van der Waals surface area contributed by atoms with E-state index in [9.17, 15) is 19.5 Å². The van der Waals surface area contributed by atoms with Gasteiger partial charge in [-0.05, 0) is 37.2 Å². The van der Waals surface area contributed by atoms with Crippen molar-refractivity contribution in [3.8, 4) is 0 Å². The van der Waals surface area contributed by atoms with Crippen LogP contribution in [-0.2, 0) is 33.3 Å². The summed E-state index contributed by atoms with van der Waals surface area (Å²) in [5.74, 6) is -4.04. The lowest BCUT2D eigenvalue weighted by Crippen LogP contribution is -2.72. The van der Waals surface area contributed by atoms with Gasteiger partial charge in [0.1, 0.15) is 12.2 Å². The monoisotopic (exact) mass is 530 g/mol. The maximum absolute atomic E-state index is 13.1. The summed E-state index contributed by atoms with van der Waals surface area (Å²) in [5.41, 5.74) is -1.97. The van der Waals surface area contributed by atoms with Crippen molar-refractivity contribution in [1.29, 1.82) is 0 Å². The molecular formula is C29H38O9. The van der Waals surface area contributed by atoms with Gasteiger partial charge in [0.2, 0.25) is 0 Å². The number of ether oxygens (including phenoxy) is 4. The molecule has 0 radical (unpaired) electrons. The summed E-state index contributed by atoms with van der Waals surface area (Å²) >= 11 is 0. The first-order valence-electron chi connectivity index (χ1n) is 13.6. The van der Waals surface area contributed by atoms with Crippen molar-refractivity contribution in [1.82, 2.24) is 0 Å². The van der Waals surface area contributed by atoms with Crippen molar-refractivity contribution in [3.63, 3.8) is 0 Å². The summed E-state index contributed by atoms with van der Waals surface area (Å²) in [5, 5.41) is 12.6. The molecule has 38 heavy (non-hydrogen) atoms. The van der Waals surface area contributed by atoms with Crippen LogP contribution < -0.4 is 0 Å². The van der Waals surface area contributed by atoms with Crippen molar-refractivity contribution in [2.45, 2.75) is 90.3 Å². The summed E-state index contributed by atoms with van der Waals surface area (Å²) in [6.07, 6.45) is 4.20. The number of carbonyl (C=O) groups excluding carboxylic acids is 3. The molecule has 9 nitrogen and oxygen atoms in total. The fraction of sp³-hybridized carbons (Fsp3) is 0.759. The quantitative estimate of drug-likeness (QED) is 0.456. The minimum Gasteiger partial charge on any atom is -0.472 e. The maximum Gasteiger partial charge on any atom is 0.306 e. The molecule has 6 rings (SSSR count). The molecule has 1 aromatic rings. The van der Waals surface area contributed by atoms with Crippen LogP contribution >= 0.6 is 0 Å². The Kier molecular flexibility index (Phi) is 5.34. The van der Waals surface area contributed by atoms with Crippen molar-refractivity contribution in [2.24, 2.45) is 39.9 Å². The van der Waals surface area contributed by atoms with Crippen LogP contribution in [0.2, 0.25) is 0 Å². The lowest BCUT2D eigenvalue weighted by Gasteiger charge is -2.66. The summed E-state index contributed by atoms with van der Waals surface area (Å²) in [4.78, 5) is 38.2. The van der Waals surface area contributed by atoms with Crippen molar-refractivity contribution in [2.75, 3.05) is 7.11 Å². The zero-order valence-corrected chi connectivity index (χ0v) is 22.9. The van der Waals surface area contributed by atoms with E-state index in [0.717, 1.165) is 18.4 Å². The number of hydrogen-bond acceptors (Lipinski definition) is 9. The SMILES string of the molecule is COC(=O)C[C@H]1C(C)(C)[C@H](OC(C)=O)[C@@H]2C[C@@]34O[C@]2(O)[C@]1(C)[C@H]3CC[C@]1(C)[C@H]4CC(=O)O[C@H]1c1ccoc1. The lowest BCUT2D eigenvalue weighted by atomic mass is 9.37. The normalized spacial score (nSPS) is 48.0. The van der Waals surface area contributed by atoms with E-state index in [-0.39, 0.29) is 36.6 Å². The van der Waals surface area contributed by atoms with Gasteiger partial charge in [0.05, 0.1) is 37.6 Å². The number of carbonyl (C=O) groups is 3. The smallest absolute Gasteiger partial charge is 0.306 e. The van der Waals surface area contributed by atoms with Crippen LogP contribution in [0.5, 0.6) is 0 Å². The second kappa shape index (κ2) is 7.84. The molecule has 4 heterocycles. The van der Waals surface area contributed by atoms with E-state index in [1.54, 1.807) is 12.5 Å². The van der Waals surface area contributed by atoms with E-state index in [4.69, 9.17) is 23.4 Å². The average Bonchev–Trinajstić information content (AvgIpc) is 3.52. The number of hydrogen-bond donors (Lipinski definition) is 1. The molecule has 2 saturated carbocycles. The Hall–Kier alpha value is -2.39. The second-order valence-corrected chi connectivity index (χ2v) is 13.3. The Bertz CT molecular complexity index is 1170. The predicted molar refractivity (Wildman–Crippen MR) is 131 cm³/mol. The third-order valence-electron chi connectivity index (χ3n) is 11.5. The fourth-order valence-corrected chi connectivity index (χ4v) is 10.1. The van der Waals surface area contributed by atoms with E-state index in [2.05, 4.69) is 6.92 Å². The van der Waals surface area contributed by atoms with Gasteiger partial charge in [0, 0.05) is 41.1 Å². The van der Waals surface area contributed by atoms with Crippen LogP contribution in [0.1, 0.15) is 78.4 Å². The van der Waals surface area contributed by atoms with Gasteiger partial charge in [0.25, 0.3) is 0 Å². The average molecular weight is 531 g/mol. The van der Waals surface area contributed by atoms with E-state index in [1.165, 1.54) is 14.0 Å². The van der Waals surface area contributed by atoms with Crippen molar-refractivity contribution in [3.05, 3.63) is 24.2 Å². The van der Waals surface area contributed by atoms with Gasteiger partial charge in [-0.15, -0.1) is 0 Å². The number of esters is 3. The zero-order valence-electron chi connectivity index (χ0n) is 22.9. The number of methoxy groups -OCH3 is 1. The van der Waals surface area contributed by atoms with Crippen LogP contribution in [-0.4, -0.2) is 47.6 Å². The molecule has 9 heteroatoms. The first-order valence-corrected chi connectivity index (χ1v) is 13.6. The van der Waals surface area contributed by atoms with Crippen LogP contribution in [0, 0.1) is 39.9 Å².